The Labute approximate surface area is 122 Å². The van der Waals surface area contributed by atoms with Crippen LogP contribution in [0.1, 0.15) is 39.5 Å². The molecule has 1 rings (SSSR count). The molecular weight excluding hydrogens is 256 g/mol. The third-order valence-electron chi connectivity index (χ3n) is 3.77. The summed E-state index contributed by atoms with van der Waals surface area (Å²) in [6.45, 7) is 7.84. The van der Waals surface area contributed by atoms with Crippen LogP contribution in [-0.2, 0) is 14.3 Å². The van der Waals surface area contributed by atoms with Gasteiger partial charge in [0.25, 0.3) is 0 Å². The SMILES string of the molecule is COCC1(C(=O)NCCCCOC(C)C)CCNCC1. The predicted molar refractivity (Wildman–Crippen MR) is 79.7 cm³/mol. The van der Waals surface area contributed by atoms with Gasteiger partial charge in [-0.25, -0.2) is 0 Å². The molecule has 0 unspecified atom stereocenters. The Hall–Kier alpha value is -0.650. The minimum absolute atomic E-state index is 0.144. The van der Waals surface area contributed by atoms with Gasteiger partial charge in [0.05, 0.1) is 18.1 Å². The predicted octanol–water partition coefficient (Wildman–Crippen LogP) is 1.32. The van der Waals surface area contributed by atoms with Gasteiger partial charge in [0.15, 0.2) is 0 Å². The molecule has 0 aromatic rings. The summed E-state index contributed by atoms with van der Waals surface area (Å²) in [5, 5.41) is 6.36. The first-order chi connectivity index (χ1) is 9.60. The first-order valence-corrected chi connectivity index (χ1v) is 7.70. The normalized spacial score (nSPS) is 18.2. The Kier molecular flexibility index (Phi) is 8.11. The smallest absolute Gasteiger partial charge is 0.228 e. The molecule has 2 N–H and O–H groups in total. The molecule has 118 valence electrons. The number of hydrogen-bond acceptors (Lipinski definition) is 4. The van der Waals surface area contributed by atoms with Gasteiger partial charge in [-0.1, -0.05) is 0 Å². The molecule has 0 aromatic heterocycles. The van der Waals surface area contributed by atoms with Crippen LogP contribution in [0.2, 0.25) is 0 Å². The van der Waals surface area contributed by atoms with Crippen molar-refractivity contribution in [3.8, 4) is 0 Å². The van der Waals surface area contributed by atoms with Gasteiger partial charge in [-0.05, 0) is 52.6 Å². The van der Waals surface area contributed by atoms with Crippen LogP contribution in [0.5, 0.6) is 0 Å². The van der Waals surface area contributed by atoms with E-state index in [0.29, 0.717) is 6.61 Å². The van der Waals surface area contributed by atoms with Crippen LogP contribution in [0.15, 0.2) is 0 Å². The summed E-state index contributed by atoms with van der Waals surface area (Å²) in [5.74, 6) is 0.144. The molecule has 20 heavy (non-hydrogen) atoms. The maximum Gasteiger partial charge on any atom is 0.228 e. The zero-order valence-corrected chi connectivity index (χ0v) is 13.2. The number of unbranched alkanes of at least 4 members (excludes halogenated alkanes) is 1. The number of hydrogen-bond donors (Lipinski definition) is 2. The number of methoxy groups -OCH3 is 1. The summed E-state index contributed by atoms with van der Waals surface area (Å²) in [6.07, 6.45) is 3.92. The van der Waals surface area contributed by atoms with Gasteiger partial charge in [-0.2, -0.15) is 0 Å². The van der Waals surface area contributed by atoms with E-state index in [1.54, 1.807) is 7.11 Å². The number of rotatable bonds is 9. The standard InChI is InChI=1S/C15H30N2O3/c1-13(2)20-11-5-4-8-17-14(18)15(12-19-3)6-9-16-10-7-15/h13,16H,4-12H2,1-3H3,(H,17,18). The Morgan fingerprint density at radius 2 is 2.00 bits per heavy atom. The highest BCUT2D eigenvalue weighted by Crippen LogP contribution is 2.29. The maximum absolute atomic E-state index is 12.4. The highest BCUT2D eigenvalue weighted by atomic mass is 16.5. The Morgan fingerprint density at radius 1 is 1.30 bits per heavy atom. The first kappa shape index (κ1) is 17.4. The number of carbonyl (C=O) groups excluding carboxylic acids is 1. The van der Waals surface area contributed by atoms with E-state index < -0.39 is 0 Å². The van der Waals surface area contributed by atoms with Gasteiger partial charge < -0.3 is 20.1 Å². The molecule has 0 atom stereocenters. The van der Waals surface area contributed by atoms with Gasteiger partial charge in [-0.15, -0.1) is 0 Å². The molecule has 1 amide bonds. The highest BCUT2D eigenvalue weighted by molar-refractivity contribution is 5.82. The van der Waals surface area contributed by atoms with E-state index in [2.05, 4.69) is 10.6 Å². The van der Waals surface area contributed by atoms with Crippen molar-refractivity contribution < 1.29 is 14.3 Å². The number of amides is 1. The lowest BCUT2D eigenvalue weighted by molar-refractivity contribution is -0.136. The summed E-state index contributed by atoms with van der Waals surface area (Å²) >= 11 is 0. The average molecular weight is 286 g/mol. The molecule has 0 aliphatic carbocycles. The number of ether oxygens (including phenoxy) is 2. The minimum Gasteiger partial charge on any atom is -0.384 e. The van der Waals surface area contributed by atoms with E-state index in [9.17, 15) is 4.79 Å². The van der Waals surface area contributed by atoms with Crippen molar-refractivity contribution in [1.29, 1.82) is 0 Å². The van der Waals surface area contributed by atoms with Crippen LogP contribution in [0.3, 0.4) is 0 Å². The molecule has 0 bridgehead atoms. The van der Waals surface area contributed by atoms with E-state index in [0.717, 1.165) is 51.9 Å². The Bertz CT molecular complexity index is 271. The van der Waals surface area contributed by atoms with E-state index in [1.165, 1.54) is 0 Å². The summed E-state index contributed by atoms with van der Waals surface area (Å²) in [4.78, 5) is 12.4. The quantitative estimate of drug-likeness (QED) is 0.628. The van der Waals surface area contributed by atoms with Gasteiger partial charge in [-0.3, -0.25) is 4.79 Å². The van der Waals surface area contributed by atoms with E-state index in [4.69, 9.17) is 9.47 Å². The van der Waals surface area contributed by atoms with Crippen molar-refractivity contribution in [1.82, 2.24) is 10.6 Å². The summed E-state index contributed by atoms with van der Waals surface area (Å²) < 4.78 is 10.8. The van der Waals surface area contributed by atoms with Crippen LogP contribution in [0.25, 0.3) is 0 Å². The van der Waals surface area contributed by atoms with Crippen LogP contribution in [-0.4, -0.2) is 52.0 Å². The minimum atomic E-state index is -0.339. The second kappa shape index (κ2) is 9.32. The fraction of sp³-hybridized carbons (Fsp3) is 0.933. The van der Waals surface area contributed by atoms with Crippen LogP contribution < -0.4 is 10.6 Å². The molecule has 1 heterocycles. The van der Waals surface area contributed by atoms with Crippen molar-refractivity contribution in [3.05, 3.63) is 0 Å². The van der Waals surface area contributed by atoms with Gasteiger partial charge in [0, 0.05) is 20.3 Å². The molecule has 1 saturated heterocycles. The number of carbonyl (C=O) groups is 1. The molecule has 1 aliphatic heterocycles. The molecule has 0 aromatic carbocycles. The Balaban J connectivity index is 2.25. The second-order valence-electron chi connectivity index (χ2n) is 5.85. The third kappa shape index (κ3) is 5.77. The highest BCUT2D eigenvalue weighted by Gasteiger charge is 2.39. The lowest BCUT2D eigenvalue weighted by atomic mass is 9.78. The van der Waals surface area contributed by atoms with E-state index in [-0.39, 0.29) is 17.4 Å². The van der Waals surface area contributed by atoms with Gasteiger partial charge in [0.2, 0.25) is 5.91 Å². The second-order valence-corrected chi connectivity index (χ2v) is 5.85. The van der Waals surface area contributed by atoms with Crippen LogP contribution in [0.4, 0.5) is 0 Å². The molecular formula is C15H30N2O3. The Morgan fingerprint density at radius 3 is 2.60 bits per heavy atom. The van der Waals surface area contributed by atoms with Crippen molar-refractivity contribution in [3.63, 3.8) is 0 Å². The maximum atomic E-state index is 12.4. The average Bonchev–Trinajstić information content (AvgIpc) is 2.43. The monoisotopic (exact) mass is 286 g/mol. The molecule has 5 nitrogen and oxygen atoms in total. The molecule has 1 fully saturated rings. The van der Waals surface area contributed by atoms with Crippen LogP contribution in [0, 0.1) is 5.41 Å². The van der Waals surface area contributed by atoms with Crippen molar-refractivity contribution >= 4 is 5.91 Å². The first-order valence-electron chi connectivity index (χ1n) is 7.70. The summed E-state index contributed by atoms with van der Waals surface area (Å²) in [7, 11) is 1.67. The summed E-state index contributed by atoms with van der Waals surface area (Å²) in [5.41, 5.74) is -0.339. The lowest BCUT2D eigenvalue weighted by Crippen LogP contribution is -2.50. The molecule has 0 spiro atoms. The molecule has 1 aliphatic rings. The van der Waals surface area contributed by atoms with Gasteiger partial charge >= 0.3 is 0 Å². The third-order valence-corrected chi connectivity index (χ3v) is 3.77. The molecule has 5 heteroatoms. The van der Waals surface area contributed by atoms with Crippen molar-refractivity contribution in [2.75, 3.05) is 40.0 Å². The van der Waals surface area contributed by atoms with Crippen molar-refractivity contribution in [2.24, 2.45) is 5.41 Å². The van der Waals surface area contributed by atoms with E-state index >= 15 is 0 Å². The zero-order valence-electron chi connectivity index (χ0n) is 13.2. The summed E-state index contributed by atoms with van der Waals surface area (Å²) in [6, 6.07) is 0. The number of piperidine rings is 1. The number of nitrogens with one attached hydrogen (secondary N) is 2. The van der Waals surface area contributed by atoms with Crippen LogP contribution >= 0.6 is 0 Å². The molecule has 0 saturated carbocycles. The largest absolute Gasteiger partial charge is 0.384 e. The lowest BCUT2D eigenvalue weighted by Gasteiger charge is -2.35. The molecule has 0 radical (unpaired) electrons. The zero-order chi connectivity index (χ0) is 14.8. The van der Waals surface area contributed by atoms with Gasteiger partial charge in [0.1, 0.15) is 0 Å². The fourth-order valence-corrected chi connectivity index (χ4v) is 2.55. The van der Waals surface area contributed by atoms with Crippen molar-refractivity contribution in [2.45, 2.75) is 45.6 Å². The van der Waals surface area contributed by atoms with E-state index in [1.807, 2.05) is 13.8 Å². The topological polar surface area (TPSA) is 59.6 Å². The fourth-order valence-electron chi connectivity index (χ4n) is 2.55.